The van der Waals surface area contributed by atoms with Crippen molar-refractivity contribution in [2.75, 3.05) is 13.7 Å². The quantitative estimate of drug-likeness (QED) is 0.333. The second-order valence-corrected chi connectivity index (χ2v) is 5.88. The van der Waals surface area contributed by atoms with Crippen molar-refractivity contribution < 1.29 is 19.1 Å². The van der Waals surface area contributed by atoms with Crippen molar-refractivity contribution in [3.05, 3.63) is 0 Å². The van der Waals surface area contributed by atoms with Crippen LogP contribution in [0.2, 0.25) is 0 Å². The number of Topliss-reactive ketones (excluding diaryl/α,β-unsaturated/α-hetero) is 2. The summed E-state index contributed by atoms with van der Waals surface area (Å²) in [6.45, 7) is 6.13. The predicted molar refractivity (Wildman–Crippen MR) is 75.7 cm³/mol. The van der Waals surface area contributed by atoms with Crippen LogP contribution in [0.25, 0.3) is 0 Å². The Morgan fingerprint density at radius 3 is 2.65 bits per heavy atom. The van der Waals surface area contributed by atoms with Gasteiger partial charge in [0.15, 0.2) is 5.78 Å². The maximum Gasteiger partial charge on any atom is 0.316 e. The highest BCUT2D eigenvalue weighted by Crippen LogP contribution is 2.39. The first-order valence-corrected chi connectivity index (χ1v) is 6.99. The van der Waals surface area contributed by atoms with Gasteiger partial charge in [-0.2, -0.15) is 0 Å². The van der Waals surface area contributed by atoms with Crippen LogP contribution in [0.1, 0.15) is 40.0 Å². The average molecular weight is 281 g/mol. The summed E-state index contributed by atoms with van der Waals surface area (Å²) in [5.41, 5.74) is -0.699. The highest BCUT2D eigenvalue weighted by molar-refractivity contribution is 6.21. The number of methoxy groups -OCH3 is 1. The topological polar surface area (TPSA) is 72.8 Å². The van der Waals surface area contributed by atoms with Crippen LogP contribution >= 0.6 is 0 Å². The van der Waals surface area contributed by atoms with Crippen LogP contribution in [0, 0.1) is 17.3 Å². The van der Waals surface area contributed by atoms with Gasteiger partial charge < -0.3 is 4.74 Å². The van der Waals surface area contributed by atoms with Crippen LogP contribution in [-0.4, -0.2) is 37.4 Å². The van der Waals surface area contributed by atoms with Crippen LogP contribution in [0.4, 0.5) is 0 Å². The Labute approximate surface area is 119 Å². The van der Waals surface area contributed by atoms with E-state index in [1.807, 2.05) is 6.92 Å². The third-order valence-electron chi connectivity index (χ3n) is 3.68. The summed E-state index contributed by atoms with van der Waals surface area (Å²) in [6.07, 6.45) is 3.51. The van der Waals surface area contributed by atoms with Gasteiger partial charge in [0.1, 0.15) is 17.6 Å². The molecule has 0 N–H and O–H groups in total. The zero-order valence-electron chi connectivity index (χ0n) is 12.6. The molecule has 0 aromatic rings. The van der Waals surface area contributed by atoms with Crippen LogP contribution in [0.15, 0.2) is 4.99 Å². The molecule has 0 aliphatic heterocycles. The first-order valence-electron chi connectivity index (χ1n) is 6.99. The third-order valence-corrected chi connectivity index (χ3v) is 3.68. The van der Waals surface area contributed by atoms with Gasteiger partial charge in [0.25, 0.3) is 0 Å². The molecule has 0 saturated heterocycles. The van der Waals surface area contributed by atoms with Crippen LogP contribution < -0.4 is 0 Å². The molecule has 1 aliphatic rings. The molecule has 5 nitrogen and oxygen atoms in total. The van der Waals surface area contributed by atoms with Crippen molar-refractivity contribution in [1.29, 1.82) is 0 Å². The number of hydrogen-bond donors (Lipinski definition) is 0. The number of hydrogen-bond acceptors (Lipinski definition) is 5. The molecule has 20 heavy (non-hydrogen) atoms. The molecule has 0 aromatic heterocycles. The molecule has 1 rings (SSSR count). The minimum atomic E-state index is -0.899. The fraction of sp³-hybridized carbons (Fsp3) is 0.733. The Kier molecular flexibility index (Phi) is 5.60. The number of ketones is 2. The SMILES string of the molecule is CCCCN=CC1C(=O)CC(C)(C)[C@@H](C(=O)OC)C1=O. The van der Waals surface area contributed by atoms with E-state index < -0.39 is 29.0 Å². The molecule has 0 amide bonds. The minimum absolute atomic E-state index is 0.166. The molecular weight excluding hydrogens is 258 g/mol. The van der Waals surface area contributed by atoms with Gasteiger partial charge in [-0.1, -0.05) is 27.2 Å². The van der Waals surface area contributed by atoms with E-state index in [2.05, 4.69) is 4.99 Å². The Morgan fingerprint density at radius 2 is 2.10 bits per heavy atom. The first-order chi connectivity index (χ1) is 9.35. The molecule has 0 aromatic carbocycles. The van der Waals surface area contributed by atoms with Gasteiger partial charge in [-0.05, 0) is 11.8 Å². The highest BCUT2D eigenvalue weighted by Gasteiger charge is 2.51. The van der Waals surface area contributed by atoms with E-state index >= 15 is 0 Å². The Balaban J connectivity index is 2.93. The number of rotatable bonds is 5. The maximum absolute atomic E-state index is 12.4. The van der Waals surface area contributed by atoms with E-state index in [1.54, 1.807) is 13.8 Å². The summed E-state index contributed by atoms with van der Waals surface area (Å²) in [4.78, 5) is 40.4. The first kappa shape index (κ1) is 16.5. The van der Waals surface area contributed by atoms with Crippen molar-refractivity contribution in [2.45, 2.75) is 40.0 Å². The zero-order valence-corrected chi connectivity index (χ0v) is 12.6. The summed E-state index contributed by atoms with van der Waals surface area (Å²) in [5.74, 6) is -2.92. The molecule has 0 radical (unpaired) electrons. The largest absolute Gasteiger partial charge is 0.468 e. The number of carbonyl (C=O) groups is 3. The molecule has 1 aliphatic carbocycles. The summed E-state index contributed by atoms with van der Waals surface area (Å²) in [7, 11) is 1.26. The second-order valence-electron chi connectivity index (χ2n) is 5.88. The lowest BCUT2D eigenvalue weighted by Crippen LogP contribution is -2.50. The Bertz CT molecular complexity index is 426. The lowest BCUT2D eigenvalue weighted by Gasteiger charge is -2.37. The second kappa shape index (κ2) is 6.77. The van der Waals surface area contributed by atoms with Crippen molar-refractivity contribution in [3.63, 3.8) is 0 Å². The molecule has 112 valence electrons. The van der Waals surface area contributed by atoms with Gasteiger partial charge in [0.2, 0.25) is 0 Å². The maximum atomic E-state index is 12.4. The summed E-state index contributed by atoms with van der Waals surface area (Å²) >= 11 is 0. The Hall–Kier alpha value is -1.52. The van der Waals surface area contributed by atoms with Crippen molar-refractivity contribution in [3.8, 4) is 0 Å². The van der Waals surface area contributed by atoms with Gasteiger partial charge in [-0.3, -0.25) is 19.4 Å². The smallest absolute Gasteiger partial charge is 0.316 e. The summed E-state index contributed by atoms with van der Waals surface area (Å²) < 4.78 is 4.71. The van der Waals surface area contributed by atoms with E-state index in [-0.39, 0.29) is 12.2 Å². The number of carbonyl (C=O) groups excluding carboxylic acids is 3. The van der Waals surface area contributed by atoms with Crippen molar-refractivity contribution >= 4 is 23.8 Å². The van der Waals surface area contributed by atoms with Crippen LogP contribution in [0.3, 0.4) is 0 Å². The number of unbranched alkanes of at least 4 members (excludes halogenated alkanes) is 1. The lowest BCUT2D eigenvalue weighted by atomic mass is 9.64. The molecule has 1 unspecified atom stereocenters. The average Bonchev–Trinajstić information content (AvgIpc) is 2.36. The van der Waals surface area contributed by atoms with Gasteiger partial charge in [0, 0.05) is 19.2 Å². The van der Waals surface area contributed by atoms with Gasteiger partial charge >= 0.3 is 5.97 Å². The Morgan fingerprint density at radius 1 is 1.45 bits per heavy atom. The number of ether oxygens (including phenoxy) is 1. The fourth-order valence-electron chi connectivity index (χ4n) is 2.52. The van der Waals surface area contributed by atoms with Gasteiger partial charge in [0.05, 0.1) is 7.11 Å². The molecule has 0 bridgehead atoms. The number of esters is 1. The van der Waals surface area contributed by atoms with Gasteiger partial charge in [-0.25, -0.2) is 0 Å². The van der Waals surface area contributed by atoms with E-state index in [0.29, 0.717) is 6.54 Å². The molecule has 0 heterocycles. The number of nitrogens with zero attached hydrogens (tertiary/aromatic N) is 1. The molecule has 5 heteroatoms. The van der Waals surface area contributed by atoms with Crippen molar-refractivity contribution in [2.24, 2.45) is 22.2 Å². The predicted octanol–water partition coefficient (Wildman–Crippen LogP) is 1.83. The lowest BCUT2D eigenvalue weighted by molar-refractivity contribution is -0.159. The van der Waals surface area contributed by atoms with Crippen LogP contribution in [0.5, 0.6) is 0 Å². The normalized spacial score (nSPS) is 26.0. The van der Waals surface area contributed by atoms with Gasteiger partial charge in [-0.15, -0.1) is 0 Å². The standard InChI is InChI=1S/C15H23NO4/c1-5-6-7-16-9-10-11(17)8-15(2,3)12(13(10)18)14(19)20-4/h9-10,12H,5-8H2,1-4H3/t10?,12-/m1/s1. The van der Waals surface area contributed by atoms with E-state index in [0.717, 1.165) is 12.8 Å². The minimum Gasteiger partial charge on any atom is -0.468 e. The summed E-state index contributed by atoms with van der Waals surface area (Å²) in [6, 6.07) is 0. The van der Waals surface area contributed by atoms with Crippen molar-refractivity contribution in [1.82, 2.24) is 0 Å². The molecule has 0 spiro atoms. The molecular formula is C15H23NO4. The fourth-order valence-corrected chi connectivity index (χ4v) is 2.52. The van der Waals surface area contributed by atoms with E-state index in [1.165, 1.54) is 13.3 Å². The monoisotopic (exact) mass is 281 g/mol. The molecule has 2 atom stereocenters. The summed E-state index contributed by atoms with van der Waals surface area (Å²) in [5, 5.41) is 0. The third kappa shape index (κ3) is 3.52. The highest BCUT2D eigenvalue weighted by atomic mass is 16.5. The number of aliphatic imine (C=N–C) groups is 1. The molecule has 1 fully saturated rings. The van der Waals surface area contributed by atoms with E-state index in [4.69, 9.17) is 4.74 Å². The van der Waals surface area contributed by atoms with Crippen LogP contribution in [-0.2, 0) is 19.1 Å². The van der Waals surface area contributed by atoms with E-state index in [9.17, 15) is 14.4 Å². The zero-order chi connectivity index (χ0) is 15.3. The molecule has 1 saturated carbocycles.